The van der Waals surface area contributed by atoms with Gasteiger partial charge in [-0.3, -0.25) is 8.42 Å². The molecule has 0 aromatic heterocycles. The molecule has 0 bridgehead atoms. The normalized spacial score (nSPS) is 11.9. The van der Waals surface area contributed by atoms with Crippen LogP contribution < -0.4 is 0 Å². The van der Waals surface area contributed by atoms with Gasteiger partial charge in [0.05, 0.1) is 52.4 Å². The van der Waals surface area contributed by atoms with Gasteiger partial charge in [-0.25, -0.2) is 0 Å². The Kier molecular flexibility index (Phi) is 30.5. The van der Waals surface area contributed by atoms with Crippen LogP contribution in [0.4, 0.5) is 0 Å². The van der Waals surface area contributed by atoms with E-state index in [1.165, 1.54) is 151 Å². The average molecular weight is 553 g/mol. The molecule has 0 rings (SSSR count). The summed E-state index contributed by atoms with van der Waals surface area (Å²) in [6.07, 6.45) is 20.1. The van der Waals surface area contributed by atoms with Gasteiger partial charge in [-0.05, 0) is 67.2 Å². The second-order valence-electron chi connectivity index (χ2n) is 10.7. The van der Waals surface area contributed by atoms with Crippen molar-refractivity contribution < 1.29 is 26.5 Å². The van der Waals surface area contributed by atoms with Gasteiger partial charge >= 0.3 is 0 Å². The first-order chi connectivity index (χ1) is 17.5. The zero-order valence-electron chi connectivity index (χ0n) is 26.5. The Morgan fingerprint density at radius 3 is 0.784 bits per heavy atom. The van der Waals surface area contributed by atoms with Crippen molar-refractivity contribution in [2.45, 2.75) is 145 Å². The molecule has 7 heteroatoms. The van der Waals surface area contributed by atoms with Crippen LogP contribution in [0, 0.1) is 0 Å². The van der Waals surface area contributed by atoms with Crippen molar-refractivity contribution in [3.63, 3.8) is 0 Å². The molecule has 0 amide bonds. The smallest absolute Gasteiger partial charge is 0.0786 e. The Hall–Kier alpha value is -0.210. The minimum atomic E-state index is -5.17. The molecule has 0 aromatic carbocycles. The molecule has 0 aliphatic rings. The van der Waals surface area contributed by atoms with Crippen LogP contribution in [0.25, 0.3) is 0 Å². The van der Waals surface area contributed by atoms with Crippen molar-refractivity contribution in [2.75, 3.05) is 52.4 Å². The molecule has 0 N–H and O–H groups in total. The van der Waals surface area contributed by atoms with Gasteiger partial charge in [-0.15, -0.1) is 0 Å². The molecule has 228 valence electrons. The van der Waals surface area contributed by atoms with E-state index in [1.54, 1.807) is 0 Å². The van der Waals surface area contributed by atoms with E-state index in [4.69, 9.17) is 17.5 Å². The van der Waals surface area contributed by atoms with Crippen molar-refractivity contribution in [1.82, 2.24) is 0 Å². The molecule has 0 heterocycles. The van der Waals surface area contributed by atoms with Gasteiger partial charge in [0.15, 0.2) is 0 Å². The Balaban J connectivity index is -0.000000528. The van der Waals surface area contributed by atoms with E-state index in [0.717, 1.165) is 0 Å². The summed E-state index contributed by atoms with van der Waals surface area (Å²) in [6.45, 7) is 29.3. The zero-order chi connectivity index (χ0) is 29.1. The van der Waals surface area contributed by atoms with E-state index in [-0.39, 0.29) is 0 Å². The third-order valence-electron chi connectivity index (χ3n) is 8.50. The molecule has 0 saturated carbocycles. The lowest BCUT2D eigenvalue weighted by Crippen LogP contribution is -2.48. The lowest BCUT2D eigenvalue weighted by Gasteiger charge is -2.35. The lowest BCUT2D eigenvalue weighted by molar-refractivity contribution is -0.923. The van der Waals surface area contributed by atoms with Crippen LogP contribution in [0.1, 0.15) is 145 Å². The highest BCUT2D eigenvalue weighted by molar-refractivity contribution is 7.79. The molecule has 0 spiro atoms. The van der Waals surface area contributed by atoms with Gasteiger partial charge < -0.3 is 18.1 Å². The number of nitrogens with zero attached hydrogens (tertiary/aromatic N) is 2. The monoisotopic (exact) mass is 552 g/mol. The molecule has 6 nitrogen and oxygen atoms in total. The quantitative estimate of drug-likeness (QED) is 0.0592. The van der Waals surface area contributed by atoms with Gasteiger partial charge in [0.1, 0.15) is 0 Å². The summed E-state index contributed by atoms with van der Waals surface area (Å²) in [6, 6.07) is 0. The van der Waals surface area contributed by atoms with E-state index in [2.05, 4.69) is 55.4 Å². The summed E-state index contributed by atoms with van der Waals surface area (Å²) in [4.78, 5) is 0. The predicted octanol–water partition coefficient (Wildman–Crippen LogP) is 7.89. The van der Waals surface area contributed by atoms with E-state index < -0.39 is 10.4 Å². The summed E-state index contributed by atoms with van der Waals surface area (Å²) < 4.78 is 36.7. The first-order valence-electron chi connectivity index (χ1n) is 15.9. The highest BCUT2D eigenvalue weighted by Gasteiger charge is 2.20. The number of quaternary nitrogens is 2. The van der Waals surface area contributed by atoms with E-state index in [0.29, 0.717) is 0 Å². The standard InChI is InChI=1S/2C15H34N.H2O4S/c2*1-5-9-10-11-12-13-14-15-16(6-2,7-3)8-4;1-5(2,3)4/h2*5-15H2,1-4H3;(H2,1,2,3,4)/q2*+1;/p-2. The summed E-state index contributed by atoms with van der Waals surface area (Å²) in [7, 11) is -5.17. The highest BCUT2D eigenvalue weighted by atomic mass is 32.3. The number of rotatable bonds is 22. The SMILES string of the molecule is CCCCCCCCC[N+](CC)(CC)CC.CCCCCCCCC[N+](CC)(CC)CC.O=S(=O)([O-])[O-]. The van der Waals surface area contributed by atoms with Gasteiger partial charge in [0, 0.05) is 10.4 Å². The van der Waals surface area contributed by atoms with Gasteiger partial charge in [-0.2, -0.15) is 0 Å². The number of unbranched alkanes of at least 4 members (excludes halogenated alkanes) is 12. The van der Waals surface area contributed by atoms with Crippen molar-refractivity contribution in [1.29, 1.82) is 0 Å². The molecule has 0 aromatic rings. The topological polar surface area (TPSA) is 80.3 Å². The van der Waals surface area contributed by atoms with E-state index in [9.17, 15) is 0 Å². The third-order valence-corrected chi connectivity index (χ3v) is 8.50. The van der Waals surface area contributed by atoms with Crippen LogP contribution >= 0.6 is 0 Å². The Morgan fingerprint density at radius 2 is 0.595 bits per heavy atom. The molecule has 0 fully saturated rings. The maximum Gasteiger partial charge on any atom is 0.0786 e. The van der Waals surface area contributed by atoms with Crippen LogP contribution in [0.15, 0.2) is 0 Å². The minimum absolute atomic E-state index is 1.31. The average Bonchev–Trinajstić information content (AvgIpc) is 2.88. The molecular weight excluding hydrogens is 484 g/mol. The molecule has 0 unspecified atom stereocenters. The third kappa shape index (κ3) is 28.6. The molecule has 37 heavy (non-hydrogen) atoms. The first-order valence-corrected chi connectivity index (χ1v) is 17.2. The van der Waals surface area contributed by atoms with Crippen LogP contribution in [-0.4, -0.2) is 78.8 Å². The fourth-order valence-electron chi connectivity index (χ4n) is 5.10. The summed E-state index contributed by atoms with van der Waals surface area (Å²) in [5, 5.41) is 0. The van der Waals surface area contributed by atoms with E-state index >= 15 is 0 Å². The predicted molar refractivity (Wildman–Crippen MR) is 160 cm³/mol. The van der Waals surface area contributed by atoms with E-state index in [1.807, 2.05) is 0 Å². The van der Waals surface area contributed by atoms with Crippen molar-refractivity contribution in [2.24, 2.45) is 0 Å². The van der Waals surface area contributed by atoms with Crippen molar-refractivity contribution >= 4 is 10.4 Å². The van der Waals surface area contributed by atoms with Gasteiger partial charge in [-0.1, -0.05) is 78.1 Å². The maximum atomic E-state index is 8.52. The molecule has 0 saturated heterocycles. The second kappa shape index (κ2) is 27.4. The molecule has 0 aliphatic carbocycles. The number of hydrogen-bond donors (Lipinski definition) is 0. The Morgan fingerprint density at radius 1 is 0.405 bits per heavy atom. The second-order valence-corrected chi connectivity index (χ2v) is 11.5. The minimum Gasteiger partial charge on any atom is -0.759 e. The van der Waals surface area contributed by atoms with Crippen LogP contribution in [0.2, 0.25) is 0 Å². The van der Waals surface area contributed by atoms with Crippen LogP contribution in [0.3, 0.4) is 0 Å². The van der Waals surface area contributed by atoms with Crippen molar-refractivity contribution in [3.8, 4) is 0 Å². The fourth-order valence-corrected chi connectivity index (χ4v) is 5.10. The van der Waals surface area contributed by atoms with Gasteiger partial charge in [0.2, 0.25) is 0 Å². The molecule has 0 radical (unpaired) electrons. The van der Waals surface area contributed by atoms with Crippen LogP contribution in [0.5, 0.6) is 0 Å². The highest BCUT2D eigenvalue weighted by Crippen LogP contribution is 2.13. The maximum absolute atomic E-state index is 8.52. The van der Waals surface area contributed by atoms with Gasteiger partial charge in [0.25, 0.3) is 0 Å². The summed E-state index contributed by atoms with van der Waals surface area (Å²) in [5.74, 6) is 0. The summed E-state index contributed by atoms with van der Waals surface area (Å²) in [5.41, 5.74) is 0. The van der Waals surface area contributed by atoms with Crippen molar-refractivity contribution in [3.05, 3.63) is 0 Å². The summed E-state index contributed by atoms with van der Waals surface area (Å²) >= 11 is 0. The molecular formula is C30H68N2O4S. The van der Waals surface area contributed by atoms with Crippen LogP contribution in [-0.2, 0) is 10.4 Å². The number of hydrogen-bond acceptors (Lipinski definition) is 4. The zero-order valence-corrected chi connectivity index (χ0v) is 27.3. The Labute approximate surface area is 234 Å². The largest absolute Gasteiger partial charge is 0.759 e. The first kappa shape index (κ1) is 41.3. The molecule has 0 aliphatic heterocycles. The Bertz CT molecular complexity index is 489. The lowest BCUT2D eigenvalue weighted by atomic mass is 10.1. The molecule has 0 atom stereocenters. The fraction of sp³-hybridized carbons (Fsp3) is 1.00.